The Hall–Kier alpha value is -1.06. The first-order valence-corrected chi connectivity index (χ1v) is 3.02. The lowest BCUT2D eigenvalue weighted by molar-refractivity contribution is -0.333. The Morgan fingerprint density at radius 3 is 2.58 bits per heavy atom. The fourth-order valence-electron chi connectivity index (χ4n) is 0.686. The van der Waals surface area contributed by atoms with Crippen LogP contribution >= 0.6 is 0 Å². The molecule has 0 aliphatic heterocycles. The molecule has 1 aliphatic rings. The van der Waals surface area contributed by atoms with Crippen LogP contribution in [0.4, 0.5) is 17.6 Å². The van der Waals surface area contributed by atoms with Crippen LogP contribution in [0.5, 0.6) is 0 Å². The zero-order chi connectivity index (χ0) is 9.19. The van der Waals surface area contributed by atoms with Gasteiger partial charge in [0.05, 0.1) is 0 Å². The Morgan fingerprint density at radius 1 is 1.42 bits per heavy atom. The van der Waals surface area contributed by atoms with Crippen LogP contribution in [0.1, 0.15) is 0 Å². The third kappa shape index (κ3) is 2.53. The van der Waals surface area contributed by atoms with Gasteiger partial charge in [0, 0.05) is 0 Å². The van der Waals surface area contributed by atoms with Crippen molar-refractivity contribution in [1.82, 2.24) is 0 Å². The molecule has 0 bridgehead atoms. The lowest BCUT2D eigenvalue weighted by Crippen LogP contribution is -2.23. The highest BCUT2D eigenvalue weighted by molar-refractivity contribution is 5.19. The normalized spacial score (nSPS) is 22.7. The van der Waals surface area contributed by atoms with Gasteiger partial charge in [-0.25, -0.2) is 0 Å². The van der Waals surface area contributed by atoms with Crippen LogP contribution in [0.25, 0.3) is 0 Å². The Kier molecular flexibility index (Phi) is 2.35. The largest absolute Gasteiger partial charge is 0.523 e. The first-order valence-electron chi connectivity index (χ1n) is 3.02. The van der Waals surface area contributed by atoms with E-state index in [4.69, 9.17) is 0 Å². The first kappa shape index (κ1) is 9.03. The molecule has 0 heterocycles. The van der Waals surface area contributed by atoms with Gasteiger partial charge in [-0.1, -0.05) is 11.8 Å². The van der Waals surface area contributed by atoms with Crippen LogP contribution < -0.4 is 0 Å². The number of hydrogen-bond acceptors (Lipinski definition) is 1. The van der Waals surface area contributed by atoms with Gasteiger partial charge in [-0.2, -0.15) is 4.39 Å². The van der Waals surface area contributed by atoms with E-state index < -0.39 is 18.3 Å². The molecule has 0 aromatic heterocycles. The van der Waals surface area contributed by atoms with Gasteiger partial charge < -0.3 is 0 Å². The topological polar surface area (TPSA) is 9.23 Å². The summed E-state index contributed by atoms with van der Waals surface area (Å²) >= 11 is 0. The number of alkyl halides is 3. The minimum Gasteiger partial charge on any atom is -0.276 e. The van der Waals surface area contributed by atoms with Gasteiger partial charge in [-0.05, 0) is 12.2 Å². The van der Waals surface area contributed by atoms with Gasteiger partial charge in [-0.15, -0.1) is 13.2 Å². The van der Waals surface area contributed by atoms with E-state index >= 15 is 0 Å². The van der Waals surface area contributed by atoms with E-state index in [-0.39, 0.29) is 0 Å². The van der Waals surface area contributed by atoms with Gasteiger partial charge in [0.1, 0.15) is 6.10 Å². The maximum atomic E-state index is 12.5. The van der Waals surface area contributed by atoms with Crippen LogP contribution in [0.15, 0.2) is 29.8 Å². The van der Waals surface area contributed by atoms with Gasteiger partial charge in [-0.3, -0.25) is 4.74 Å². The molecule has 0 amide bonds. The van der Waals surface area contributed by atoms with Crippen molar-refractivity contribution in [3.05, 3.63) is 29.8 Å². The predicted molar refractivity (Wildman–Crippen MR) is 32.8 cm³/mol. The predicted octanol–water partition coefficient (Wildman–Crippen LogP) is 2.47. The van der Waals surface area contributed by atoms with E-state index in [2.05, 4.69) is 4.74 Å². The van der Waals surface area contributed by atoms with E-state index in [0.29, 0.717) is 0 Å². The van der Waals surface area contributed by atoms with Crippen molar-refractivity contribution in [3.63, 3.8) is 0 Å². The average Bonchev–Trinajstić information content (AvgIpc) is 1.91. The van der Waals surface area contributed by atoms with Crippen molar-refractivity contribution in [1.29, 1.82) is 0 Å². The molecule has 0 saturated heterocycles. The van der Waals surface area contributed by atoms with Crippen molar-refractivity contribution in [2.75, 3.05) is 0 Å². The number of halogens is 4. The maximum absolute atomic E-state index is 12.5. The molecule has 1 unspecified atom stereocenters. The van der Waals surface area contributed by atoms with Crippen molar-refractivity contribution in [2.45, 2.75) is 12.5 Å². The quantitative estimate of drug-likeness (QED) is 0.445. The Bertz CT molecular complexity index is 257. The lowest BCUT2D eigenvalue weighted by Gasteiger charge is -2.14. The summed E-state index contributed by atoms with van der Waals surface area (Å²) in [6.07, 6.45) is -3.15. The summed E-state index contributed by atoms with van der Waals surface area (Å²) in [7, 11) is 0. The molecular formula is C7H4F4O. The molecule has 0 spiro atoms. The maximum Gasteiger partial charge on any atom is 0.523 e. The van der Waals surface area contributed by atoms with Crippen molar-refractivity contribution in [2.24, 2.45) is 0 Å². The van der Waals surface area contributed by atoms with Gasteiger partial charge in [0.2, 0.25) is 0 Å². The van der Waals surface area contributed by atoms with Crippen molar-refractivity contribution < 1.29 is 22.3 Å². The number of rotatable bonds is 1. The van der Waals surface area contributed by atoms with Gasteiger partial charge in [0.25, 0.3) is 0 Å². The second-order valence-electron chi connectivity index (χ2n) is 2.03. The summed E-state index contributed by atoms with van der Waals surface area (Å²) in [5.41, 5.74) is 1.97. The second kappa shape index (κ2) is 3.13. The number of allylic oxidation sites excluding steroid dienone is 1. The number of hydrogen-bond donors (Lipinski definition) is 0. The minimum absolute atomic E-state index is 0.958. The zero-order valence-electron chi connectivity index (χ0n) is 5.73. The summed E-state index contributed by atoms with van der Waals surface area (Å²) in [4.78, 5) is 0. The highest BCUT2D eigenvalue weighted by Crippen LogP contribution is 2.24. The van der Waals surface area contributed by atoms with E-state index in [0.717, 1.165) is 6.08 Å². The molecule has 1 atom stereocenters. The molecule has 12 heavy (non-hydrogen) atoms. The number of ether oxygens (including phenoxy) is 1. The third-order valence-corrected chi connectivity index (χ3v) is 1.11. The third-order valence-electron chi connectivity index (χ3n) is 1.11. The molecular weight excluding hydrogens is 176 g/mol. The molecule has 5 heteroatoms. The highest BCUT2D eigenvalue weighted by atomic mass is 19.4. The first-order chi connectivity index (χ1) is 5.49. The van der Waals surface area contributed by atoms with Gasteiger partial charge >= 0.3 is 6.36 Å². The van der Waals surface area contributed by atoms with Crippen LogP contribution in [-0.2, 0) is 4.74 Å². The molecule has 0 N–H and O–H groups in total. The van der Waals surface area contributed by atoms with Crippen molar-refractivity contribution >= 4 is 0 Å². The zero-order valence-corrected chi connectivity index (χ0v) is 5.73. The summed E-state index contributed by atoms with van der Waals surface area (Å²) in [6.45, 7) is 0. The molecule has 1 rings (SSSR count). The van der Waals surface area contributed by atoms with E-state index in [1.807, 2.05) is 5.73 Å². The fraction of sp³-hybridized carbons (Fsp3) is 0.286. The molecule has 0 aromatic rings. The van der Waals surface area contributed by atoms with Crippen LogP contribution in [0.2, 0.25) is 0 Å². The van der Waals surface area contributed by atoms with E-state index in [9.17, 15) is 17.6 Å². The Balaban J connectivity index is 2.67. The van der Waals surface area contributed by atoms with Gasteiger partial charge in [0.15, 0.2) is 5.83 Å². The van der Waals surface area contributed by atoms with Crippen LogP contribution in [-0.4, -0.2) is 12.5 Å². The van der Waals surface area contributed by atoms with E-state index in [1.165, 1.54) is 12.2 Å². The summed E-state index contributed by atoms with van der Waals surface area (Å²) in [6, 6.07) is 0. The molecule has 0 radical (unpaired) electrons. The Morgan fingerprint density at radius 2 is 2.08 bits per heavy atom. The summed E-state index contributed by atoms with van der Waals surface area (Å²) in [5, 5.41) is 0. The molecule has 0 saturated carbocycles. The van der Waals surface area contributed by atoms with E-state index in [1.54, 1.807) is 0 Å². The average molecular weight is 180 g/mol. The Labute approximate surface area is 65.6 Å². The smallest absolute Gasteiger partial charge is 0.276 e. The molecule has 1 nitrogen and oxygen atoms in total. The molecule has 66 valence electrons. The summed E-state index contributed by atoms with van der Waals surface area (Å²) < 4.78 is 50.5. The molecule has 1 aliphatic carbocycles. The molecule has 0 aromatic carbocycles. The lowest BCUT2D eigenvalue weighted by atomic mass is 10.2. The molecule has 0 fully saturated rings. The summed E-state index contributed by atoms with van der Waals surface area (Å²) in [5.74, 6) is -1.07. The highest BCUT2D eigenvalue weighted by Gasteiger charge is 2.34. The monoisotopic (exact) mass is 180 g/mol. The second-order valence-corrected chi connectivity index (χ2v) is 2.03. The van der Waals surface area contributed by atoms with Crippen molar-refractivity contribution in [3.8, 4) is 0 Å². The SMILES string of the molecule is FC1=C=CC=CC1OC(F)(F)F. The standard InChI is InChI=1S/C7H4F4O/c8-5-3-1-2-4-6(5)12-7(9,10)11/h1-2,4,6H. The van der Waals surface area contributed by atoms with Crippen LogP contribution in [0.3, 0.4) is 0 Å². The minimum atomic E-state index is -4.83. The fourth-order valence-corrected chi connectivity index (χ4v) is 0.686. The van der Waals surface area contributed by atoms with Crippen LogP contribution in [0, 0.1) is 0 Å².